The van der Waals surface area contributed by atoms with Gasteiger partial charge in [-0.15, -0.1) is 0 Å². The van der Waals surface area contributed by atoms with Crippen molar-refractivity contribution in [3.63, 3.8) is 0 Å². The predicted octanol–water partition coefficient (Wildman–Crippen LogP) is 2.61. The lowest BCUT2D eigenvalue weighted by Crippen LogP contribution is -2.56. The zero-order chi connectivity index (χ0) is 20.8. The lowest BCUT2D eigenvalue weighted by molar-refractivity contribution is -0.212. The Morgan fingerprint density at radius 3 is 2.32 bits per heavy atom. The van der Waals surface area contributed by atoms with Gasteiger partial charge < -0.3 is 18.9 Å². The van der Waals surface area contributed by atoms with Gasteiger partial charge in [0, 0.05) is 44.0 Å². The molecule has 1 saturated heterocycles. The second-order valence-corrected chi connectivity index (χ2v) is 7.92. The van der Waals surface area contributed by atoms with Crippen molar-refractivity contribution in [1.82, 2.24) is 4.98 Å². The summed E-state index contributed by atoms with van der Waals surface area (Å²) >= 11 is 7.25. The zero-order valence-electron chi connectivity index (χ0n) is 15.9. The Hall–Kier alpha value is -1.84. The maximum atomic E-state index is 11.6. The van der Waals surface area contributed by atoms with Gasteiger partial charge in [0.25, 0.3) is 0 Å². The molecule has 0 N–H and O–H groups in total. The number of pyridine rings is 1. The van der Waals surface area contributed by atoms with Crippen LogP contribution in [0.2, 0.25) is 5.02 Å². The third-order valence-electron chi connectivity index (χ3n) is 3.97. The van der Waals surface area contributed by atoms with Crippen LogP contribution in [-0.4, -0.2) is 53.2 Å². The number of carbonyl (C=O) groups excluding carboxylic acids is 3. The second kappa shape index (κ2) is 10.1. The maximum absolute atomic E-state index is 11.6. The van der Waals surface area contributed by atoms with Crippen LogP contribution in [0.15, 0.2) is 23.4 Å². The van der Waals surface area contributed by atoms with Crippen LogP contribution in [0, 0.1) is 5.92 Å². The van der Waals surface area contributed by atoms with E-state index in [0.29, 0.717) is 9.92 Å². The molecule has 154 valence electrons. The predicted molar refractivity (Wildman–Crippen MR) is 101 cm³/mol. The molecule has 1 aromatic heterocycles. The molecule has 2 heterocycles. The molecule has 1 aliphatic heterocycles. The van der Waals surface area contributed by atoms with Gasteiger partial charge in [-0.05, 0) is 6.07 Å². The summed E-state index contributed by atoms with van der Waals surface area (Å²) in [6.07, 6.45) is 0.920. The van der Waals surface area contributed by atoms with Crippen molar-refractivity contribution < 1.29 is 33.3 Å². The molecular weight excluding hydrogens is 410 g/mol. The van der Waals surface area contributed by atoms with Gasteiger partial charge in [-0.25, -0.2) is 0 Å². The van der Waals surface area contributed by atoms with E-state index < -0.39 is 47.6 Å². The summed E-state index contributed by atoms with van der Waals surface area (Å²) in [5.41, 5.74) is -0.647. The fourth-order valence-electron chi connectivity index (χ4n) is 2.85. The minimum Gasteiger partial charge on any atom is -0.463 e. The fraction of sp³-hybridized carbons (Fsp3) is 0.556. The van der Waals surface area contributed by atoms with Crippen molar-refractivity contribution in [3.8, 4) is 0 Å². The van der Waals surface area contributed by atoms with Crippen molar-refractivity contribution >= 4 is 41.3 Å². The molecule has 8 nitrogen and oxygen atoms in total. The van der Waals surface area contributed by atoms with E-state index in [9.17, 15) is 14.4 Å². The minimum absolute atomic E-state index is 0.102. The molecule has 0 amide bonds. The largest absolute Gasteiger partial charge is 0.463 e. The monoisotopic (exact) mass is 431 g/mol. The molecule has 1 aliphatic rings. The summed E-state index contributed by atoms with van der Waals surface area (Å²) in [5, 5.41) is 0.451. The summed E-state index contributed by atoms with van der Waals surface area (Å²) in [6.45, 7) is 5.53. The highest BCUT2D eigenvalue weighted by Gasteiger charge is 2.48. The first-order chi connectivity index (χ1) is 13.2. The molecule has 10 heteroatoms. The molecule has 5 atom stereocenters. The summed E-state index contributed by atoms with van der Waals surface area (Å²) in [6, 6.07) is 1.71. The standard InChI is InChI=1S/C18H22ClNO7S/c1-9-16(25-11(3)22)15(8-24-10(2)21)27-18(17(9)26-12(4)23)28-14-5-13(19)6-20-7-14/h5-7,9,15-18H,8H2,1-4H3/t9?,15?,16-,17?,18?/m1/s1. The summed E-state index contributed by atoms with van der Waals surface area (Å²) < 4.78 is 22.0. The average Bonchev–Trinajstić information content (AvgIpc) is 2.58. The van der Waals surface area contributed by atoms with Gasteiger partial charge in [0.15, 0.2) is 0 Å². The van der Waals surface area contributed by atoms with E-state index in [2.05, 4.69) is 4.98 Å². The van der Waals surface area contributed by atoms with Gasteiger partial charge >= 0.3 is 17.9 Å². The molecule has 0 bridgehead atoms. The van der Waals surface area contributed by atoms with E-state index in [1.165, 1.54) is 38.7 Å². The van der Waals surface area contributed by atoms with E-state index >= 15 is 0 Å². The Morgan fingerprint density at radius 2 is 1.75 bits per heavy atom. The summed E-state index contributed by atoms with van der Waals surface area (Å²) in [7, 11) is 0. The molecule has 28 heavy (non-hydrogen) atoms. The normalized spacial score (nSPS) is 27.0. The van der Waals surface area contributed by atoms with Crippen molar-refractivity contribution in [2.45, 2.75) is 56.3 Å². The first kappa shape index (κ1) is 22.4. The molecule has 4 unspecified atom stereocenters. The number of thioether (sulfide) groups is 1. The van der Waals surface area contributed by atoms with Crippen molar-refractivity contribution in [2.75, 3.05) is 6.61 Å². The van der Waals surface area contributed by atoms with Crippen LogP contribution in [0.3, 0.4) is 0 Å². The van der Waals surface area contributed by atoms with E-state index in [0.717, 1.165) is 0 Å². The quantitative estimate of drug-likeness (QED) is 0.496. The van der Waals surface area contributed by atoms with Gasteiger partial charge in [0.05, 0.1) is 5.02 Å². The zero-order valence-corrected chi connectivity index (χ0v) is 17.5. The van der Waals surface area contributed by atoms with Crippen molar-refractivity contribution in [1.29, 1.82) is 0 Å². The van der Waals surface area contributed by atoms with Crippen LogP contribution in [-0.2, 0) is 33.3 Å². The summed E-state index contributed by atoms with van der Waals surface area (Å²) in [5.74, 6) is -1.90. The van der Waals surface area contributed by atoms with Gasteiger partial charge in [-0.3, -0.25) is 19.4 Å². The number of hydrogen-bond acceptors (Lipinski definition) is 9. The Kier molecular flexibility index (Phi) is 8.09. The number of esters is 3. The van der Waals surface area contributed by atoms with Crippen LogP contribution in [0.25, 0.3) is 0 Å². The third kappa shape index (κ3) is 6.35. The van der Waals surface area contributed by atoms with Crippen LogP contribution < -0.4 is 0 Å². The van der Waals surface area contributed by atoms with Crippen LogP contribution in [0.5, 0.6) is 0 Å². The first-order valence-corrected chi connectivity index (χ1v) is 9.83. The molecule has 0 saturated carbocycles. The number of ether oxygens (including phenoxy) is 4. The Morgan fingerprint density at radius 1 is 1.11 bits per heavy atom. The number of carbonyl (C=O) groups is 3. The molecule has 0 aliphatic carbocycles. The summed E-state index contributed by atoms with van der Waals surface area (Å²) in [4.78, 5) is 39.2. The molecule has 2 rings (SSSR count). The molecule has 0 radical (unpaired) electrons. The van der Waals surface area contributed by atoms with Gasteiger partial charge in [0.1, 0.15) is 30.4 Å². The molecular formula is C18H22ClNO7S. The van der Waals surface area contributed by atoms with E-state index in [1.54, 1.807) is 19.2 Å². The van der Waals surface area contributed by atoms with Gasteiger partial charge in [-0.2, -0.15) is 0 Å². The minimum atomic E-state index is -0.754. The Balaban J connectivity index is 2.29. The SMILES string of the molecule is CC(=O)OCC1OC(Sc2cncc(Cl)c2)C(OC(C)=O)C(C)[C@H]1OC(C)=O. The highest BCUT2D eigenvalue weighted by molar-refractivity contribution is 7.99. The third-order valence-corrected chi connectivity index (χ3v) is 5.28. The highest BCUT2D eigenvalue weighted by Crippen LogP contribution is 2.39. The Bertz CT molecular complexity index is 730. The van der Waals surface area contributed by atoms with E-state index in [-0.39, 0.29) is 6.61 Å². The number of hydrogen-bond donors (Lipinski definition) is 0. The smallest absolute Gasteiger partial charge is 0.303 e. The van der Waals surface area contributed by atoms with Crippen molar-refractivity contribution in [2.24, 2.45) is 5.92 Å². The van der Waals surface area contributed by atoms with Crippen molar-refractivity contribution in [3.05, 3.63) is 23.5 Å². The van der Waals surface area contributed by atoms with Crippen LogP contribution >= 0.6 is 23.4 Å². The van der Waals surface area contributed by atoms with E-state index in [1.807, 2.05) is 0 Å². The maximum Gasteiger partial charge on any atom is 0.303 e. The topological polar surface area (TPSA) is 101 Å². The first-order valence-electron chi connectivity index (χ1n) is 8.58. The Labute approximate surface area is 172 Å². The van der Waals surface area contributed by atoms with E-state index in [4.69, 9.17) is 30.5 Å². The second-order valence-electron chi connectivity index (χ2n) is 6.31. The average molecular weight is 432 g/mol. The number of nitrogens with zero attached hydrogens (tertiary/aromatic N) is 1. The van der Waals surface area contributed by atoms with Gasteiger partial charge in [-0.1, -0.05) is 30.3 Å². The fourth-order valence-corrected chi connectivity index (χ4v) is 4.31. The molecule has 0 aromatic carbocycles. The molecule has 1 fully saturated rings. The number of halogens is 1. The lowest BCUT2D eigenvalue weighted by atomic mass is 9.91. The number of rotatable bonds is 6. The van der Waals surface area contributed by atoms with Crippen LogP contribution in [0.1, 0.15) is 27.7 Å². The number of aromatic nitrogens is 1. The lowest BCUT2D eigenvalue weighted by Gasteiger charge is -2.43. The molecule has 0 spiro atoms. The van der Waals surface area contributed by atoms with Gasteiger partial charge in [0.2, 0.25) is 0 Å². The van der Waals surface area contributed by atoms with Crippen LogP contribution in [0.4, 0.5) is 0 Å². The molecule has 1 aromatic rings. The highest BCUT2D eigenvalue weighted by atomic mass is 35.5.